The van der Waals surface area contributed by atoms with Gasteiger partial charge >= 0.3 is 0 Å². The minimum absolute atomic E-state index is 0.00467. The van der Waals surface area contributed by atoms with Crippen molar-refractivity contribution in [2.24, 2.45) is 0 Å². The molecule has 0 N–H and O–H groups in total. The fourth-order valence-electron chi connectivity index (χ4n) is 16.0. The van der Waals surface area contributed by atoms with Gasteiger partial charge in [-0.2, -0.15) is 0 Å². The van der Waals surface area contributed by atoms with Crippen LogP contribution in [0, 0.1) is 0 Å². The first-order valence-corrected chi connectivity index (χ1v) is 30.0. The van der Waals surface area contributed by atoms with Gasteiger partial charge in [-0.1, -0.05) is 196 Å². The summed E-state index contributed by atoms with van der Waals surface area (Å²) in [6.07, 6.45) is 9.50. The Morgan fingerprint density at radius 3 is 1.60 bits per heavy atom. The molecule has 2 unspecified atom stereocenters. The zero-order valence-electron chi connectivity index (χ0n) is 50.3. The van der Waals surface area contributed by atoms with Crippen molar-refractivity contribution in [1.29, 1.82) is 0 Å². The highest BCUT2D eigenvalue weighted by molar-refractivity contribution is 7.00. The Morgan fingerprint density at radius 1 is 0.385 bits per heavy atom. The molecule has 0 spiro atoms. The third kappa shape index (κ3) is 7.42. The normalized spacial score (nSPS) is 22.9. The number of nitrogens with zero attached hydrogens (tertiary/aromatic N) is 3. The molecule has 0 radical (unpaired) electrons. The van der Waals surface area contributed by atoms with Crippen LogP contribution in [-0.4, -0.2) is 12.3 Å². The third-order valence-corrected chi connectivity index (χ3v) is 21.4. The van der Waals surface area contributed by atoms with Crippen molar-refractivity contribution >= 4 is 68.6 Å². The number of anilines is 8. The SMILES string of the molecule is CC(C)(C)c1ccc(N2c3cc(C(C)(C)C)ccc3B3c4cc5c(cc4N(c4ccc6c(c4)C(C)(C)CCC6(C)C)c4cc(N6c7ccccc7C7(C)CCCCC67C)cc2c43)C(C)(C)CCC5(C)C)c(-c2ccccc2)c1. The molecule has 400 valence electrons. The second kappa shape index (κ2) is 16.8. The molecule has 3 aliphatic carbocycles. The maximum Gasteiger partial charge on any atom is 0.252 e. The summed E-state index contributed by atoms with van der Waals surface area (Å²) in [5.41, 5.74) is 27.2. The summed E-state index contributed by atoms with van der Waals surface area (Å²) < 4.78 is 0. The van der Waals surface area contributed by atoms with E-state index in [0.717, 1.165) is 6.42 Å². The molecule has 78 heavy (non-hydrogen) atoms. The lowest BCUT2D eigenvalue weighted by Crippen LogP contribution is -2.62. The number of fused-ring (bicyclic) bond motifs is 9. The summed E-state index contributed by atoms with van der Waals surface area (Å²) in [6, 6.07) is 54.2. The predicted molar refractivity (Wildman–Crippen MR) is 337 cm³/mol. The smallest absolute Gasteiger partial charge is 0.252 e. The summed E-state index contributed by atoms with van der Waals surface area (Å²) in [5.74, 6) is 0. The predicted octanol–water partition coefficient (Wildman–Crippen LogP) is 18.5. The summed E-state index contributed by atoms with van der Waals surface area (Å²) >= 11 is 0. The molecule has 0 bridgehead atoms. The van der Waals surface area contributed by atoms with Gasteiger partial charge in [0.15, 0.2) is 0 Å². The molecule has 13 rings (SSSR count). The molecule has 7 aromatic rings. The second-order valence-corrected chi connectivity index (χ2v) is 30.3. The Balaban J connectivity index is 1.21. The van der Waals surface area contributed by atoms with Crippen LogP contribution in [0.5, 0.6) is 0 Å². The van der Waals surface area contributed by atoms with E-state index in [4.69, 9.17) is 0 Å². The minimum atomic E-state index is -0.136. The molecule has 0 aromatic heterocycles. The zero-order valence-corrected chi connectivity index (χ0v) is 50.3. The van der Waals surface area contributed by atoms with E-state index in [1.165, 1.54) is 157 Å². The van der Waals surface area contributed by atoms with Crippen molar-refractivity contribution in [3.8, 4) is 11.1 Å². The van der Waals surface area contributed by atoms with E-state index >= 15 is 0 Å². The van der Waals surface area contributed by atoms with Gasteiger partial charge in [0.05, 0.1) is 11.2 Å². The van der Waals surface area contributed by atoms with Crippen LogP contribution in [0.2, 0.25) is 0 Å². The van der Waals surface area contributed by atoms with Gasteiger partial charge in [-0.3, -0.25) is 0 Å². The van der Waals surface area contributed by atoms with Gasteiger partial charge in [0.25, 0.3) is 6.71 Å². The maximum atomic E-state index is 2.85. The summed E-state index contributed by atoms with van der Waals surface area (Å²) in [6.45, 7) is 39.4. The number of rotatable bonds is 4. The molecule has 3 aliphatic heterocycles. The van der Waals surface area contributed by atoms with Crippen molar-refractivity contribution < 1.29 is 0 Å². The third-order valence-electron chi connectivity index (χ3n) is 21.4. The molecule has 7 aromatic carbocycles. The number of benzene rings is 7. The van der Waals surface area contributed by atoms with Crippen molar-refractivity contribution in [3.05, 3.63) is 172 Å². The summed E-state index contributed by atoms with van der Waals surface area (Å²) in [4.78, 5) is 8.37. The maximum absolute atomic E-state index is 2.85. The van der Waals surface area contributed by atoms with Crippen LogP contribution in [0.15, 0.2) is 133 Å². The first-order valence-electron chi connectivity index (χ1n) is 30.0. The molecule has 3 nitrogen and oxygen atoms in total. The Hall–Kier alpha value is -6.00. The van der Waals surface area contributed by atoms with Crippen molar-refractivity contribution in [3.63, 3.8) is 0 Å². The van der Waals surface area contributed by atoms with E-state index in [1.54, 1.807) is 0 Å². The average molecular weight is 1030 g/mol. The lowest BCUT2D eigenvalue weighted by molar-refractivity contribution is 0.195. The topological polar surface area (TPSA) is 9.72 Å². The molecular formula is C74H86BN3. The van der Waals surface area contributed by atoms with Crippen LogP contribution in [0.3, 0.4) is 0 Å². The van der Waals surface area contributed by atoms with E-state index in [-0.39, 0.29) is 50.2 Å². The van der Waals surface area contributed by atoms with E-state index in [9.17, 15) is 0 Å². The Kier molecular flexibility index (Phi) is 11.1. The van der Waals surface area contributed by atoms with E-state index < -0.39 is 0 Å². The summed E-state index contributed by atoms with van der Waals surface area (Å²) in [5, 5.41) is 0. The average Bonchev–Trinajstić information content (AvgIpc) is 2.82. The molecule has 1 fully saturated rings. The van der Waals surface area contributed by atoms with Gasteiger partial charge in [0.2, 0.25) is 0 Å². The van der Waals surface area contributed by atoms with E-state index in [2.05, 4.69) is 259 Å². The lowest BCUT2D eigenvalue weighted by atomic mass is 9.33. The van der Waals surface area contributed by atoms with Crippen LogP contribution in [0.1, 0.15) is 201 Å². The summed E-state index contributed by atoms with van der Waals surface area (Å²) in [7, 11) is 0. The van der Waals surface area contributed by atoms with Crippen molar-refractivity contribution in [2.75, 3.05) is 14.7 Å². The standard InChI is InChI=1S/C74H86BN3/c1-67(2,3)48-29-33-60(52(40-48)47-24-18-17-19-25-47)77-62-41-49(68(4,5)6)28-32-58(62)75-59-45-56-57(72(13,14)39-38-71(56,11)12)46-63(59)76(50-30-31-53-55(42-50)70(9,10)37-36-69(53,7)8)64-43-51(44-65(77)66(64)75)78-61-27-21-20-26-54(61)73(15)34-22-23-35-74(73,78)16/h17-21,24-33,40-46H,22-23,34-39H2,1-16H3. The largest absolute Gasteiger partial charge is 0.334 e. The molecule has 1 saturated carbocycles. The van der Waals surface area contributed by atoms with Crippen LogP contribution in [0.25, 0.3) is 11.1 Å². The van der Waals surface area contributed by atoms with Gasteiger partial charge in [-0.05, 0) is 193 Å². The fourth-order valence-corrected chi connectivity index (χ4v) is 16.0. The highest BCUT2D eigenvalue weighted by atomic mass is 15.3. The molecule has 2 atom stereocenters. The Labute approximate surface area is 470 Å². The first kappa shape index (κ1) is 51.4. The van der Waals surface area contributed by atoms with Crippen LogP contribution >= 0.6 is 0 Å². The first-order chi connectivity index (χ1) is 36.6. The fraction of sp³-hybridized carbons (Fsp3) is 0.432. The van der Waals surface area contributed by atoms with E-state index in [0.29, 0.717) is 0 Å². The molecular weight excluding hydrogens is 942 g/mol. The zero-order chi connectivity index (χ0) is 55.1. The van der Waals surface area contributed by atoms with Crippen molar-refractivity contribution in [1.82, 2.24) is 0 Å². The Bertz CT molecular complexity index is 3620. The molecule has 6 aliphatic rings. The quantitative estimate of drug-likeness (QED) is 0.163. The van der Waals surface area contributed by atoms with Crippen LogP contribution in [0.4, 0.5) is 45.5 Å². The van der Waals surface area contributed by atoms with Gasteiger partial charge in [0.1, 0.15) is 0 Å². The lowest BCUT2D eigenvalue weighted by Gasteiger charge is -2.51. The van der Waals surface area contributed by atoms with Gasteiger partial charge < -0.3 is 14.7 Å². The van der Waals surface area contributed by atoms with Crippen LogP contribution < -0.4 is 31.1 Å². The molecule has 0 amide bonds. The molecule has 3 heterocycles. The molecule has 4 heteroatoms. The minimum Gasteiger partial charge on any atom is -0.334 e. The van der Waals surface area contributed by atoms with Crippen molar-refractivity contribution in [2.45, 2.75) is 206 Å². The highest BCUT2D eigenvalue weighted by Crippen LogP contribution is 2.62. The Morgan fingerprint density at radius 2 is 0.936 bits per heavy atom. The molecule has 0 saturated heterocycles. The highest BCUT2D eigenvalue weighted by Gasteiger charge is 2.58. The van der Waals surface area contributed by atoms with E-state index in [1.807, 2.05) is 0 Å². The number of hydrogen-bond acceptors (Lipinski definition) is 3. The second-order valence-electron chi connectivity index (χ2n) is 30.3. The van der Waals surface area contributed by atoms with Gasteiger partial charge in [0, 0.05) is 50.8 Å². The van der Waals surface area contributed by atoms with Gasteiger partial charge in [-0.15, -0.1) is 0 Å². The van der Waals surface area contributed by atoms with Crippen LogP contribution in [-0.2, 0) is 37.9 Å². The van der Waals surface area contributed by atoms with Gasteiger partial charge in [-0.25, -0.2) is 0 Å². The number of para-hydroxylation sites is 1. The monoisotopic (exact) mass is 1030 g/mol. The number of hydrogen-bond donors (Lipinski definition) is 0.